The van der Waals surface area contributed by atoms with E-state index in [0.717, 1.165) is 11.0 Å². The van der Waals surface area contributed by atoms with Gasteiger partial charge in [0.05, 0.1) is 23.5 Å². The van der Waals surface area contributed by atoms with Crippen LogP contribution in [-0.4, -0.2) is 20.6 Å². The molecule has 5 nitrogen and oxygen atoms in total. The molecule has 96 valence electrons. The molecule has 1 heterocycles. The van der Waals surface area contributed by atoms with Crippen LogP contribution < -0.4 is 0 Å². The first-order valence-corrected chi connectivity index (χ1v) is 5.84. The van der Waals surface area contributed by atoms with Gasteiger partial charge >= 0.3 is 5.97 Å². The largest absolute Gasteiger partial charge is 0.478 e. The van der Waals surface area contributed by atoms with Crippen LogP contribution in [-0.2, 0) is 17.8 Å². The minimum absolute atomic E-state index is 0.203. The van der Waals surface area contributed by atoms with Crippen molar-refractivity contribution in [1.82, 2.24) is 9.55 Å². The summed E-state index contributed by atoms with van der Waals surface area (Å²) in [5.41, 5.74) is 2.00. The van der Waals surface area contributed by atoms with Crippen molar-refractivity contribution >= 4 is 17.0 Å². The fourth-order valence-electron chi connectivity index (χ4n) is 1.85. The van der Waals surface area contributed by atoms with Gasteiger partial charge in [-0.15, -0.1) is 0 Å². The third-order valence-corrected chi connectivity index (χ3v) is 2.89. The highest BCUT2D eigenvalue weighted by molar-refractivity contribution is 5.85. The Morgan fingerprint density at radius 2 is 2.26 bits per heavy atom. The Morgan fingerprint density at radius 1 is 1.53 bits per heavy atom. The standard InChI is InChI=1S/C14H13N3O2/c1-10(14(18)19)7-9-17-12-5-3-2-4-11(12)16-13(17)6-8-15/h2-5,7H,6,9H2,1H3,(H,18,19). The van der Waals surface area contributed by atoms with Gasteiger partial charge in [-0.2, -0.15) is 5.26 Å². The number of nitriles is 1. The number of para-hydroxylation sites is 2. The Morgan fingerprint density at radius 3 is 2.95 bits per heavy atom. The second kappa shape index (κ2) is 5.36. The van der Waals surface area contributed by atoms with Gasteiger partial charge in [-0.1, -0.05) is 18.2 Å². The molecule has 0 aliphatic heterocycles. The summed E-state index contributed by atoms with van der Waals surface area (Å²) in [6, 6.07) is 9.64. The van der Waals surface area contributed by atoms with Gasteiger partial charge in [0, 0.05) is 12.1 Å². The van der Waals surface area contributed by atoms with Crippen LogP contribution in [0.15, 0.2) is 35.9 Å². The van der Waals surface area contributed by atoms with Crippen LogP contribution in [0.25, 0.3) is 11.0 Å². The Kier molecular flexibility index (Phi) is 3.62. The number of nitrogens with zero attached hydrogens (tertiary/aromatic N) is 3. The van der Waals surface area contributed by atoms with E-state index in [1.54, 1.807) is 13.0 Å². The maximum atomic E-state index is 10.8. The number of hydrogen-bond donors (Lipinski definition) is 1. The van der Waals surface area contributed by atoms with Crippen molar-refractivity contribution < 1.29 is 9.90 Å². The molecule has 0 amide bonds. The van der Waals surface area contributed by atoms with Crippen molar-refractivity contribution in [2.24, 2.45) is 0 Å². The molecular weight excluding hydrogens is 242 g/mol. The average Bonchev–Trinajstić information content (AvgIpc) is 2.74. The van der Waals surface area contributed by atoms with E-state index in [1.807, 2.05) is 28.8 Å². The van der Waals surface area contributed by atoms with Crippen molar-refractivity contribution in [1.29, 1.82) is 5.26 Å². The molecule has 0 aliphatic carbocycles. The first-order chi connectivity index (χ1) is 9.13. The Balaban J connectivity index is 2.45. The molecule has 19 heavy (non-hydrogen) atoms. The number of hydrogen-bond acceptors (Lipinski definition) is 3. The number of carboxylic acids is 1. The number of aromatic nitrogens is 2. The van der Waals surface area contributed by atoms with Gasteiger partial charge in [0.25, 0.3) is 0 Å². The normalized spacial score (nSPS) is 11.5. The van der Waals surface area contributed by atoms with Crippen LogP contribution in [0.3, 0.4) is 0 Å². The van der Waals surface area contributed by atoms with E-state index in [-0.39, 0.29) is 12.0 Å². The summed E-state index contributed by atoms with van der Waals surface area (Å²) >= 11 is 0. The quantitative estimate of drug-likeness (QED) is 0.849. The minimum Gasteiger partial charge on any atom is -0.478 e. The third kappa shape index (κ3) is 2.63. The fourth-order valence-corrected chi connectivity index (χ4v) is 1.85. The summed E-state index contributed by atoms with van der Waals surface area (Å²) < 4.78 is 1.87. The number of rotatable bonds is 4. The summed E-state index contributed by atoms with van der Waals surface area (Å²) in [6.45, 7) is 1.95. The van der Waals surface area contributed by atoms with Crippen molar-refractivity contribution in [2.45, 2.75) is 19.9 Å². The number of carboxylic acid groups (broad SMARTS) is 1. The predicted molar refractivity (Wildman–Crippen MR) is 70.4 cm³/mol. The lowest BCUT2D eigenvalue weighted by Crippen LogP contribution is -2.04. The molecule has 0 saturated heterocycles. The monoisotopic (exact) mass is 255 g/mol. The molecule has 5 heteroatoms. The smallest absolute Gasteiger partial charge is 0.331 e. The molecule has 0 unspecified atom stereocenters. The van der Waals surface area contributed by atoms with Crippen LogP contribution in [0.4, 0.5) is 0 Å². The fraction of sp³-hybridized carbons (Fsp3) is 0.214. The van der Waals surface area contributed by atoms with Crippen molar-refractivity contribution in [2.75, 3.05) is 0 Å². The molecule has 0 radical (unpaired) electrons. The number of imidazole rings is 1. The number of carbonyl (C=O) groups is 1. The lowest BCUT2D eigenvalue weighted by molar-refractivity contribution is -0.132. The van der Waals surface area contributed by atoms with Gasteiger partial charge in [-0.25, -0.2) is 9.78 Å². The summed E-state index contributed by atoms with van der Waals surface area (Å²) in [7, 11) is 0. The minimum atomic E-state index is -0.939. The van der Waals surface area contributed by atoms with Gasteiger partial charge in [0.1, 0.15) is 5.82 Å². The highest BCUT2D eigenvalue weighted by Crippen LogP contribution is 2.16. The van der Waals surface area contributed by atoms with Gasteiger partial charge in [-0.05, 0) is 19.1 Å². The van der Waals surface area contributed by atoms with Crippen LogP contribution in [0.1, 0.15) is 12.7 Å². The second-order valence-corrected chi connectivity index (χ2v) is 4.15. The average molecular weight is 255 g/mol. The van der Waals surface area contributed by atoms with Gasteiger partial charge in [-0.3, -0.25) is 0 Å². The zero-order valence-corrected chi connectivity index (χ0v) is 10.5. The molecule has 0 atom stereocenters. The highest BCUT2D eigenvalue weighted by Gasteiger charge is 2.09. The maximum Gasteiger partial charge on any atom is 0.331 e. The van der Waals surface area contributed by atoms with E-state index < -0.39 is 5.97 Å². The topological polar surface area (TPSA) is 78.9 Å². The summed E-state index contributed by atoms with van der Waals surface area (Å²) in [6.07, 6.45) is 1.83. The summed E-state index contributed by atoms with van der Waals surface area (Å²) in [5, 5.41) is 17.7. The predicted octanol–water partition coefficient (Wildman–Crippen LogP) is 2.13. The Hall–Kier alpha value is -2.61. The molecule has 0 aliphatic rings. The van der Waals surface area contributed by atoms with Crippen LogP contribution in [0.2, 0.25) is 0 Å². The van der Waals surface area contributed by atoms with E-state index in [1.165, 1.54) is 0 Å². The number of fused-ring (bicyclic) bond motifs is 1. The molecule has 0 fully saturated rings. The lowest BCUT2D eigenvalue weighted by atomic mass is 10.2. The summed E-state index contributed by atoms with van der Waals surface area (Å²) in [4.78, 5) is 15.2. The molecule has 1 N–H and O–H groups in total. The molecule has 1 aromatic carbocycles. The van der Waals surface area contributed by atoms with Crippen molar-refractivity contribution in [3.8, 4) is 6.07 Å². The van der Waals surface area contributed by atoms with Gasteiger partial charge in [0.2, 0.25) is 0 Å². The van der Waals surface area contributed by atoms with Crippen LogP contribution in [0.5, 0.6) is 0 Å². The van der Waals surface area contributed by atoms with Crippen LogP contribution in [0, 0.1) is 11.3 Å². The zero-order valence-electron chi connectivity index (χ0n) is 10.5. The number of aliphatic carboxylic acids is 1. The first kappa shape index (κ1) is 12.8. The zero-order chi connectivity index (χ0) is 13.8. The van der Waals surface area contributed by atoms with Crippen molar-refractivity contribution in [3.05, 3.63) is 41.7 Å². The van der Waals surface area contributed by atoms with E-state index in [2.05, 4.69) is 11.1 Å². The van der Waals surface area contributed by atoms with Gasteiger partial charge < -0.3 is 9.67 Å². The molecule has 2 aromatic rings. The SMILES string of the molecule is CC(=CCn1c(CC#N)nc2ccccc21)C(=O)O. The van der Waals surface area contributed by atoms with Crippen LogP contribution >= 0.6 is 0 Å². The Bertz CT molecular complexity index is 692. The second-order valence-electron chi connectivity index (χ2n) is 4.15. The van der Waals surface area contributed by atoms with E-state index in [9.17, 15) is 4.79 Å². The van der Waals surface area contributed by atoms with Gasteiger partial charge in [0.15, 0.2) is 0 Å². The van der Waals surface area contributed by atoms with E-state index in [0.29, 0.717) is 12.4 Å². The molecule has 0 spiro atoms. The summed E-state index contributed by atoms with van der Waals surface area (Å²) in [5.74, 6) is -0.288. The van der Waals surface area contributed by atoms with E-state index >= 15 is 0 Å². The highest BCUT2D eigenvalue weighted by atomic mass is 16.4. The number of allylic oxidation sites excluding steroid dienone is 1. The third-order valence-electron chi connectivity index (χ3n) is 2.89. The molecule has 0 saturated carbocycles. The maximum absolute atomic E-state index is 10.8. The lowest BCUT2D eigenvalue weighted by Gasteiger charge is -2.04. The van der Waals surface area contributed by atoms with Crippen molar-refractivity contribution in [3.63, 3.8) is 0 Å². The first-order valence-electron chi connectivity index (χ1n) is 5.84. The number of benzene rings is 1. The molecule has 2 rings (SSSR count). The molecular formula is C14H13N3O2. The Labute approximate surface area is 110 Å². The molecule has 1 aromatic heterocycles. The molecule has 0 bridgehead atoms. The van der Waals surface area contributed by atoms with E-state index in [4.69, 9.17) is 10.4 Å².